The molecule has 0 spiro atoms. The van der Waals surface area contributed by atoms with Crippen LogP contribution in [-0.2, 0) is 27.3 Å². The zero-order valence-electron chi connectivity index (χ0n) is 19.9. The smallest absolute Gasteiger partial charge is 0.269 e. The highest BCUT2D eigenvalue weighted by molar-refractivity contribution is 5.33. The molecule has 2 atom stereocenters. The largest absolute Gasteiger partial charge is 0.373 e. The molecule has 1 heterocycles. The Balaban J connectivity index is 1.52. The highest BCUT2D eigenvalue weighted by Crippen LogP contribution is 2.12. The molecule has 3 rings (SSSR count). The van der Waals surface area contributed by atoms with Crippen LogP contribution in [0.15, 0.2) is 48.5 Å². The maximum Gasteiger partial charge on any atom is 0.269 e. The highest BCUT2D eigenvalue weighted by atomic mass is 16.6. The molecule has 35 heavy (non-hydrogen) atoms. The van der Waals surface area contributed by atoms with E-state index >= 15 is 0 Å². The molecule has 2 unspecified atom stereocenters. The summed E-state index contributed by atoms with van der Waals surface area (Å²) in [4.78, 5) is 23.6. The van der Waals surface area contributed by atoms with Crippen LogP contribution in [0.1, 0.15) is 11.1 Å². The average Bonchev–Trinajstić information content (AvgIpc) is 2.86. The highest BCUT2D eigenvalue weighted by Gasteiger charge is 2.15. The van der Waals surface area contributed by atoms with Crippen molar-refractivity contribution >= 4 is 11.4 Å². The molecule has 0 bridgehead atoms. The lowest BCUT2D eigenvalue weighted by molar-refractivity contribution is -0.917. The summed E-state index contributed by atoms with van der Waals surface area (Å²) >= 11 is 0. The van der Waals surface area contributed by atoms with Gasteiger partial charge in [0.2, 0.25) is 0 Å². The first-order chi connectivity index (χ1) is 17.0. The van der Waals surface area contributed by atoms with Gasteiger partial charge in [0.15, 0.2) is 0 Å². The number of hydrogen-bond acceptors (Lipinski definition) is 7. The molecule has 11 heteroatoms. The fourth-order valence-electron chi connectivity index (χ4n) is 3.94. The van der Waals surface area contributed by atoms with Crippen LogP contribution in [0.3, 0.4) is 0 Å². The normalized spacial score (nSPS) is 20.9. The first-order valence-corrected chi connectivity index (χ1v) is 11.9. The fourth-order valence-corrected chi connectivity index (χ4v) is 3.94. The van der Waals surface area contributed by atoms with E-state index in [1.165, 1.54) is 34.1 Å². The second-order valence-corrected chi connectivity index (χ2v) is 8.54. The number of rotatable bonds is 6. The number of benzene rings is 2. The van der Waals surface area contributed by atoms with Crippen molar-refractivity contribution in [1.82, 2.24) is 0 Å². The lowest BCUT2D eigenvalue weighted by Gasteiger charge is -2.21. The number of quaternary nitrogens is 2. The lowest BCUT2D eigenvalue weighted by atomic mass is 10.2. The molecule has 2 N–H and O–H groups in total. The molecule has 1 aliphatic heterocycles. The Hall–Kier alpha value is -2.96. The third kappa shape index (κ3) is 9.67. The van der Waals surface area contributed by atoms with Crippen molar-refractivity contribution in [2.45, 2.75) is 13.1 Å². The van der Waals surface area contributed by atoms with E-state index in [1.807, 2.05) is 0 Å². The molecule has 0 aromatic heterocycles. The van der Waals surface area contributed by atoms with Gasteiger partial charge in [0.25, 0.3) is 11.4 Å². The van der Waals surface area contributed by atoms with Crippen molar-refractivity contribution in [2.24, 2.45) is 0 Å². The Labute approximate surface area is 204 Å². The van der Waals surface area contributed by atoms with E-state index in [4.69, 9.17) is 14.2 Å². The minimum atomic E-state index is -0.391. The lowest BCUT2D eigenvalue weighted by Crippen LogP contribution is -3.12. The standard InChI is InChI=1S/C24H32N4O7/c29-27(30)23-5-1-21(2-6-23)19-25-9-13-33-14-10-26(12-16-35-18-17-34-15-11-25)20-22-3-7-24(8-4-22)28(31)32/h1-8H,9-20H2/p+2. The maximum atomic E-state index is 10.9. The summed E-state index contributed by atoms with van der Waals surface area (Å²) in [7, 11) is 0. The second kappa shape index (κ2) is 14.4. The molecule has 1 fully saturated rings. The summed E-state index contributed by atoms with van der Waals surface area (Å²) in [5.41, 5.74) is 2.25. The third-order valence-corrected chi connectivity index (χ3v) is 5.97. The number of nitrogens with zero attached hydrogens (tertiary/aromatic N) is 2. The summed E-state index contributed by atoms with van der Waals surface area (Å²) in [6, 6.07) is 13.4. The fraction of sp³-hybridized carbons (Fsp3) is 0.500. The zero-order chi connectivity index (χ0) is 24.9. The molecule has 1 saturated heterocycles. The van der Waals surface area contributed by atoms with Crippen molar-refractivity contribution in [3.63, 3.8) is 0 Å². The summed E-state index contributed by atoms with van der Waals surface area (Å²) in [5, 5.41) is 21.8. The molecule has 1 aliphatic rings. The number of nitro benzene ring substituents is 2. The summed E-state index contributed by atoms with van der Waals surface area (Å²) in [5.74, 6) is 0. The number of ether oxygens (including phenoxy) is 3. The van der Waals surface area contributed by atoms with Gasteiger partial charge in [-0.2, -0.15) is 0 Å². The van der Waals surface area contributed by atoms with E-state index in [0.29, 0.717) is 39.6 Å². The molecular formula is C24H34N4O7+2. The monoisotopic (exact) mass is 490 g/mol. The van der Waals surface area contributed by atoms with Crippen molar-refractivity contribution < 1.29 is 33.9 Å². The van der Waals surface area contributed by atoms with E-state index < -0.39 is 9.85 Å². The van der Waals surface area contributed by atoms with Crippen LogP contribution in [0.2, 0.25) is 0 Å². The first-order valence-electron chi connectivity index (χ1n) is 11.9. The van der Waals surface area contributed by atoms with Crippen LogP contribution in [0.5, 0.6) is 0 Å². The Morgan fingerprint density at radius 1 is 0.571 bits per heavy atom. The molecule has 2 aromatic rings. The van der Waals surface area contributed by atoms with Gasteiger partial charge in [-0.25, -0.2) is 0 Å². The number of nitro groups is 2. The van der Waals surface area contributed by atoms with E-state index in [2.05, 4.69) is 0 Å². The van der Waals surface area contributed by atoms with Gasteiger partial charge in [0.05, 0.1) is 49.5 Å². The Morgan fingerprint density at radius 3 is 1.20 bits per heavy atom. The summed E-state index contributed by atoms with van der Waals surface area (Å²) in [6.07, 6.45) is 0. The minimum absolute atomic E-state index is 0.0910. The zero-order valence-corrected chi connectivity index (χ0v) is 19.9. The number of non-ortho nitro benzene ring substituents is 2. The second-order valence-electron chi connectivity index (χ2n) is 8.54. The SMILES string of the molecule is O=[N+]([O-])c1ccc(C[NH+]2CCOCCOCC[NH+](Cc3ccc([N+](=O)[O-])cc3)CCOCC2)cc1. The number of hydrogen-bond donors (Lipinski definition) is 2. The topological polar surface area (TPSA) is 123 Å². The Bertz CT molecular complexity index is 849. The van der Waals surface area contributed by atoms with Crippen LogP contribution in [0.4, 0.5) is 11.4 Å². The molecule has 0 saturated carbocycles. The molecule has 2 aromatic carbocycles. The van der Waals surface area contributed by atoms with Gasteiger partial charge in [0, 0.05) is 35.4 Å². The summed E-state index contributed by atoms with van der Waals surface area (Å²) < 4.78 is 17.4. The minimum Gasteiger partial charge on any atom is -0.373 e. The average molecular weight is 491 g/mol. The van der Waals surface area contributed by atoms with Crippen molar-refractivity contribution in [1.29, 1.82) is 0 Å². The van der Waals surface area contributed by atoms with Gasteiger partial charge in [-0.05, 0) is 24.3 Å². The molecule has 0 aliphatic carbocycles. The molecule has 190 valence electrons. The van der Waals surface area contributed by atoms with Gasteiger partial charge in [-0.1, -0.05) is 0 Å². The van der Waals surface area contributed by atoms with Gasteiger partial charge < -0.3 is 24.0 Å². The van der Waals surface area contributed by atoms with E-state index in [0.717, 1.165) is 50.4 Å². The molecule has 0 amide bonds. The van der Waals surface area contributed by atoms with Crippen LogP contribution in [0, 0.1) is 20.2 Å². The predicted molar refractivity (Wildman–Crippen MR) is 127 cm³/mol. The quantitative estimate of drug-likeness (QED) is 0.433. The van der Waals surface area contributed by atoms with E-state index in [1.54, 1.807) is 24.3 Å². The summed E-state index contributed by atoms with van der Waals surface area (Å²) in [6.45, 7) is 8.13. The Morgan fingerprint density at radius 2 is 0.886 bits per heavy atom. The van der Waals surface area contributed by atoms with E-state index in [9.17, 15) is 20.2 Å². The van der Waals surface area contributed by atoms with E-state index in [-0.39, 0.29) is 11.4 Å². The van der Waals surface area contributed by atoms with Gasteiger partial charge in [-0.15, -0.1) is 0 Å². The van der Waals surface area contributed by atoms with Gasteiger partial charge in [-0.3, -0.25) is 20.2 Å². The molecule has 0 radical (unpaired) electrons. The van der Waals surface area contributed by atoms with Gasteiger partial charge >= 0.3 is 0 Å². The van der Waals surface area contributed by atoms with Crippen LogP contribution < -0.4 is 9.80 Å². The molecular weight excluding hydrogens is 456 g/mol. The number of nitrogens with one attached hydrogen (secondary N) is 2. The van der Waals surface area contributed by atoms with Gasteiger partial charge in [0.1, 0.15) is 39.3 Å². The van der Waals surface area contributed by atoms with Crippen molar-refractivity contribution in [3.8, 4) is 0 Å². The first kappa shape index (κ1) is 26.6. The van der Waals surface area contributed by atoms with Crippen LogP contribution >= 0.6 is 0 Å². The maximum absolute atomic E-state index is 10.9. The third-order valence-electron chi connectivity index (χ3n) is 5.97. The van der Waals surface area contributed by atoms with Crippen LogP contribution in [0.25, 0.3) is 0 Å². The van der Waals surface area contributed by atoms with Crippen molar-refractivity contribution in [2.75, 3.05) is 65.8 Å². The Kier molecular flexibility index (Phi) is 11.0. The van der Waals surface area contributed by atoms with Crippen LogP contribution in [-0.4, -0.2) is 75.7 Å². The molecule has 11 nitrogen and oxygen atoms in total. The van der Waals surface area contributed by atoms with Crippen molar-refractivity contribution in [3.05, 3.63) is 79.9 Å². The predicted octanol–water partition coefficient (Wildman–Crippen LogP) is 0.0364.